The van der Waals surface area contributed by atoms with Crippen molar-refractivity contribution in [3.8, 4) is 0 Å². The highest BCUT2D eigenvalue weighted by molar-refractivity contribution is 6.28. The minimum atomic E-state index is -0.836. The fourth-order valence-electron chi connectivity index (χ4n) is 1.73. The topological polar surface area (TPSA) is 91.8 Å². The Morgan fingerprint density at radius 3 is 2.48 bits per heavy atom. The molecule has 0 bridgehead atoms. The van der Waals surface area contributed by atoms with E-state index < -0.39 is 23.3 Å². The molecule has 6 heteroatoms. The maximum atomic E-state index is 11.8. The monoisotopic (exact) mass is 289 g/mol. The van der Waals surface area contributed by atoms with Crippen LogP contribution in [0.15, 0.2) is 30.3 Å². The Balaban J connectivity index is 2.64. The maximum Gasteiger partial charge on any atom is 0.408 e. The lowest BCUT2D eigenvalue weighted by Gasteiger charge is -2.27. The van der Waals surface area contributed by atoms with Crippen LogP contribution in [0.3, 0.4) is 0 Å². The van der Waals surface area contributed by atoms with Gasteiger partial charge in [-0.15, -0.1) is 0 Å². The van der Waals surface area contributed by atoms with E-state index in [-0.39, 0.29) is 6.61 Å². The van der Waals surface area contributed by atoms with E-state index in [0.717, 1.165) is 11.8 Å². The smallest absolute Gasteiger partial charge is 0.408 e. The molecule has 0 spiro atoms. The van der Waals surface area contributed by atoms with Gasteiger partial charge in [-0.25, -0.2) is 4.79 Å². The highest BCUT2D eigenvalue weighted by Gasteiger charge is 2.34. The van der Waals surface area contributed by atoms with Gasteiger partial charge in [0, 0.05) is 0 Å². The Hall–Kier alpha value is -2.46. The molecule has 0 aliphatic carbocycles. The molecule has 0 saturated heterocycles. The summed E-state index contributed by atoms with van der Waals surface area (Å²) in [4.78, 5) is 26.3. The first-order valence-corrected chi connectivity index (χ1v) is 6.53. The number of carbonyl (C=O) groups excluding carboxylic acids is 2. The van der Waals surface area contributed by atoms with Crippen molar-refractivity contribution in [2.24, 2.45) is 5.41 Å². The minimum absolute atomic E-state index is 0.117. The summed E-state index contributed by atoms with van der Waals surface area (Å²) in [5, 5.41) is 2.50. The molecule has 0 unspecified atom stereocenters. The van der Waals surface area contributed by atoms with Gasteiger partial charge < -0.3 is 15.6 Å². The SMILES string of the molecule is CC(C)(C)[C@H](NC(=O)OCc1ccccc1)C(=O)C=[N+]=[N-]. The first-order chi connectivity index (χ1) is 9.84. The van der Waals surface area contributed by atoms with Gasteiger partial charge in [-0.05, 0) is 11.0 Å². The van der Waals surface area contributed by atoms with E-state index in [4.69, 9.17) is 10.3 Å². The third-order valence-electron chi connectivity index (χ3n) is 2.81. The van der Waals surface area contributed by atoms with Gasteiger partial charge >= 0.3 is 12.3 Å². The van der Waals surface area contributed by atoms with E-state index in [1.165, 1.54) is 0 Å². The van der Waals surface area contributed by atoms with E-state index in [0.29, 0.717) is 0 Å². The van der Waals surface area contributed by atoms with E-state index in [1.807, 2.05) is 30.3 Å². The van der Waals surface area contributed by atoms with Crippen LogP contribution < -0.4 is 5.32 Å². The molecule has 1 aromatic rings. The molecule has 1 aromatic carbocycles. The number of Topliss-reactive ketones (excluding diaryl/α,β-unsaturated/α-hetero) is 1. The van der Waals surface area contributed by atoms with Gasteiger partial charge in [0.05, 0.1) is 0 Å². The molecule has 6 nitrogen and oxygen atoms in total. The zero-order chi connectivity index (χ0) is 15.9. The summed E-state index contributed by atoms with van der Waals surface area (Å²) in [5.74, 6) is -0.498. The van der Waals surface area contributed by atoms with Crippen molar-refractivity contribution in [2.75, 3.05) is 0 Å². The Labute approximate surface area is 123 Å². The van der Waals surface area contributed by atoms with Gasteiger partial charge in [0.1, 0.15) is 12.6 Å². The van der Waals surface area contributed by atoms with Gasteiger partial charge in [0.15, 0.2) is 0 Å². The van der Waals surface area contributed by atoms with Crippen molar-refractivity contribution in [2.45, 2.75) is 33.4 Å². The van der Waals surface area contributed by atoms with Crippen molar-refractivity contribution in [3.05, 3.63) is 41.4 Å². The van der Waals surface area contributed by atoms with Gasteiger partial charge in [-0.2, -0.15) is 4.79 Å². The first kappa shape index (κ1) is 16.6. The van der Waals surface area contributed by atoms with E-state index in [2.05, 4.69) is 10.1 Å². The number of nitrogens with zero attached hydrogens (tertiary/aromatic N) is 2. The fraction of sp³-hybridized carbons (Fsp3) is 0.400. The van der Waals surface area contributed by atoms with Gasteiger partial charge in [-0.3, -0.25) is 4.79 Å². The zero-order valence-corrected chi connectivity index (χ0v) is 12.4. The number of hydrogen-bond donors (Lipinski definition) is 1. The summed E-state index contributed by atoms with van der Waals surface area (Å²) < 4.78 is 5.07. The molecule has 0 saturated carbocycles. The standard InChI is InChI=1S/C15H19N3O3/c1-15(2,3)13(12(19)9-17-16)18-14(20)21-10-11-7-5-4-6-8-11/h4-9,13H,10H2,1-3H3,(H,18,20)/t13-/m1/s1. The van der Waals surface area contributed by atoms with Crippen LogP contribution in [-0.2, 0) is 16.1 Å². The lowest BCUT2D eigenvalue weighted by molar-refractivity contribution is -0.120. The van der Waals surface area contributed by atoms with Crippen molar-refractivity contribution in [3.63, 3.8) is 0 Å². The number of rotatable bonds is 5. The van der Waals surface area contributed by atoms with Crippen LogP contribution >= 0.6 is 0 Å². The highest BCUT2D eigenvalue weighted by atomic mass is 16.5. The fourth-order valence-corrected chi connectivity index (χ4v) is 1.73. The predicted molar refractivity (Wildman–Crippen MR) is 77.7 cm³/mol. The Kier molecular flexibility index (Phi) is 5.81. The normalized spacial score (nSPS) is 12.0. The second-order valence-electron chi connectivity index (χ2n) is 5.65. The minimum Gasteiger partial charge on any atom is -0.445 e. The number of benzene rings is 1. The lowest BCUT2D eigenvalue weighted by Crippen LogP contribution is -2.49. The molecule has 112 valence electrons. The number of amides is 1. The van der Waals surface area contributed by atoms with Crippen molar-refractivity contribution >= 4 is 18.1 Å². The summed E-state index contributed by atoms with van der Waals surface area (Å²) in [7, 11) is 0. The number of alkyl carbamates (subject to hydrolysis) is 1. The van der Waals surface area contributed by atoms with Crippen LogP contribution in [0, 0.1) is 5.41 Å². The molecular formula is C15H19N3O3. The second-order valence-corrected chi connectivity index (χ2v) is 5.65. The molecule has 0 fully saturated rings. The van der Waals surface area contributed by atoms with Crippen molar-refractivity contribution in [1.29, 1.82) is 0 Å². The third-order valence-corrected chi connectivity index (χ3v) is 2.81. The summed E-state index contributed by atoms with van der Waals surface area (Å²) in [6.45, 7) is 5.49. The summed E-state index contributed by atoms with van der Waals surface area (Å²) >= 11 is 0. The van der Waals surface area contributed by atoms with E-state index >= 15 is 0 Å². The quantitative estimate of drug-likeness (QED) is 0.511. The average Bonchev–Trinajstić information content (AvgIpc) is 2.42. The molecule has 1 N–H and O–H groups in total. The molecule has 1 atom stereocenters. The summed E-state index contributed by atoms with van der Waals surface area (Å²) in [6, 6.07) is 8.38. The van der Waals surface area contributed by atoms with Crippen molar-refractivity contribution < 1.29 is 19.1 Å². The molecule has 21 heavy (non-hydrogen) atoms. The van der Waals surface area contributed by atoms with Crippen LogP contribution in [0.4, 0.5) is 4.79 Å². The molecular weight excluding hydrogens is 270 g/mol. The van der Waals surface area contributed by atoms with Crippen LogP contribution in [0.25, 0.3) is 5.53 Å². The van der Waals surface area contributed by atoms with Gasteiger partial charge in [-0.1, -0.05) is 51.1 Å². The molecule has 1 rings (SSSR count). The first-order valence-electron chi connectivity index (χ1n) is 6.53. The number of carbonyl (C=O) groups is 2. The van der Waals surface area contributed by atoms with Crippen molar-refractivity contribution in [1.82, 2.24) is 5.32 Å². The zero-order valence-electron chi connectivity index (χ0n) is 12.4. The number of hydrogen-bond acceptors (Lipinski definition) is 3. The molecule has 0 aromatic heterocycles. The van der Waals surface area contributed by atoms with E-state index in [1.54, 1.807) is 20.8 Å². The van der Waals surface area contributed by atoms with Gasteiger partial charge in [0.25, 0.3) is 5.78 Å². The van der Waals surface area contributed by atoms with Gasteiger partial charge in [0.2, 0.25) is 0 Å². The second kappa shape index (κ2) is 7.36. The molecule has 0 aliphatic heterocycles. The Morgan fingerprint density at radius 1 is 1.33 bits per heavy atom. The molecule has 0 radical (unpaired) electrons. The maximum absolute atomic E-state index is 11.8. The average molecular weight is 289 g/mol. The Bertz CT molecular complexity index is 543. The number of ether oxygens (including phenoxy) is 1. The third kappa shape index (κ3) is 5.58. The van der Waals surface area contributed by atoms with Crippen LogP contribution in [0.5, 0.6) is 0 Å². The number of nitrogens with one attached hydrogen (secondary N) is 1. The predicted octanol–water partition coefficient (Wildman–Crippen LogP) is 2.20. The number of ketones is 1. The largest absolute Gasteiger partial charge is 0.445 e. The van der Waals surface area contributed by atoms with Crippen LogP contribution in [0.2, 0.25) is 0 Å². The van der Waals surface area contributed by atoms with Crippen LogP contribution in [-0.4, -0.2) is 28.9 Å². The summed E-state index contributed by atoms with van der Waals surface area (Å²) in [5.41, 5.74) is 8.75. The molecule has 0 aliphatic rings. The molecule has 0 heterocycles. The summed E-state index contributed by atoms with van der Waals surface area (Å²) in [6.07, 6.45) is 0.0754. The lowest BCUT2D eigenvalue weighted by atomic mass is 9.84. The Morgan fingerprint density at radius 2 is 1.95 bits per heavy atom. The molecule has 1 amide bonds. The van der Waals surface area contributed by atoms with E-state index in [9.17, 15) is 9.59 Å². The highest BCUT2D eigenvalue weighted by Crippen LogP contribution is 2.19. The van der Waals surface area contributed by atoms with Crippen LogP contribution in [0.1, 0.15) is 26.3 Å².